The number of aliphatic hydroxyl groups is 4. The first-order chi connectivity index (χ1) is 14.9. The van der Waals surface area contributed by atoms with E-state index in [2.05, 4.69) is 10.3 Å². The van der Waals surface area contributed by atoms with Crippen LogP contribution in [-0.2, 0) is 14.3 Å². The van der Waals surface area contributed by atoms with E-state index >= 15 is 0 Å². The molecule has 0 radical (unpaired) electrons. The van der Waals surface area contributed by atoms with Gasteiger partial charge >= 0.3 is 12.2 Å². The Morgan fingerprint density at radius 2 is 1.58 bits per heavy atom. The molecule has 0 aromatic heterocycles. The van der Waals surface area contributed by atoms with E-state index in [-0.39, 0.29) is 12.5 Å². The Balaban J connectivity index is 3.08. The van der Waals surface area contributed by atoms with Crippen LogP contribution in [0.2, 0.25) is 0 Å². The average molecular weight is 477 g/mol. The standard InChI is InChI=1S/C20H36N4O9/c1-19(2,3)32-17(30)21-16(22-18(31)33-20(4,5)6)23(7)9-13(27)24-8-12(26)15(29)14(28)11(24)10-25/h11-12,14-15,25-26,28-29H,8-10H2,1-7H3,(H,21,22,30,31)/t11-,12+,14-,15-/m1/s1. The highest BCUT2D eigenvalue weighted by molar-refractivity contribution is 6.00. The quantitative estimate of drug-likeness (QED) is 0.251. The van der Waals surface area contributed by atoms with Crippen LogP contribution in [0.15, 0.2) is 4.99 Å². The number of hydrogen-bond acceptors (Lipinski definition) is 9. The number of carbonyl (C=O) groups is 3. The largest absolute Gasteiger partial charge is 0.444 e. The number of β-amino-alcohol motifs (C(OH)–C–C–N with tert-alkyl or cyclic N) is 1. The van der Waals surface area contributed by atoms with Crippen molar-refractivity contribution in [2.24, 2.45) is 4.99 Å². The molecular weight excluding hydrogens is 440 g/mol. The molecule has 0 aromatic carbocycles. The Morgan fingerprint density at radius 1 is 1.03 bits per heavy atom. The highest BCUT2D eigenvalue weighted by Gasteiger charge is 2.43. The van der Waals surface area contributed by atoms with Crippen LogP contribution in [0, 0.1) is 0 Å². The number of amides is 3. The predicted octanol–water partition coefficient (Wildman–Crippen LogP) is -0.980. The smallest absolute Gasteiger partial charge is 0.437 e. The molecule has 0 spiro atoms. The van der Waals surface area contributed by atoms with E-state index in [4.69, 9.17) is 9.47 Å². The fourth-order valence-electron chi connectivity index (χ4n) is 2.92. The van der Waals surface area contributed by atoms with Gasteiger partial charge < -0.3 is 39.7 Å². The van der Waals surface area contributed by atoms with Crippen LogP contribution >= 0.6 is 0 Å². The average Bonchev–Trinajstić information content (AvgIpc) is 2.62. The lowest BCUT2D eigenvalue weighted by Crippen LogP contribution is -2.65. The zero-order valence-electron chi connectivity index (χ0n) is 20.1. The summed E-state index contributed by atoms with van der Waals surface area (Å²) in [6, 6.07) is -1.16. The number of rotatable bonds is 3. The molecule has 13 nitrogen and oxygen atoms in total. The molecule has 0 aromatic rings. The lowest BCUT2D eigenvalue weighted by Gasteiger charge is -2.43. The third-order valence-corrected chi connectivity index (χ3v) is 4.37. The molecule has 4 atom stereocenters. The van der Waals surface area contributed by atoms with Gasteiger partial charge in [0.05, 0.1) is 19.2 Å². The van der Waals surface area contributed by atoms with Crippen molar-refractivity contribution in [3.05, 3.63) is 0 Å². The first kappa shape index (κ1) is 28.6. The topological polar surface area (TPSA) is 181 Å². The number of carbonyl (C=O) groups excluding carboxylic acids is 3. The molecule has 0 aliphatic carbocycles. The Bertz CT molecular complexity index is 745. The predicted molar refractivity (Wildman–Crippen MR) is 116 cm³/mol. The summed E-state index contributed by atoms with van der Waals surface area (Å²) in [4.78, 5) is 43.2. The molecule has 190 valence electrons. The first-order valence-electron chi connectivity index (χ1n) is 10.4. The van der Waals surface area contributed by atoms with Crippen LogP contribution < -0.4 is 5.32 Å². The van der Waals surface area contributed by atoms with E-state index in [1.165, 1.54) is 7.05 Å². The number of likely N-dealkylation sites (N-methyl/N-ethyl adjacent to an activating group) is 1. The van der Waals surface area contributed by atoms with Crippen molar-refractivity contribution in [1.82, 2.24) is 15.1 Å². The van der Waals surface area contributed by atoms with Gasteiger partial charge in [0.25, 0.3) is 0 Å². The zero-order valence-corrected chi connectivity index (χ0v) is 20.1. The molecule has 33 heavy (non-hydrogen) atoms. The highest BCUT2D eigenvalue weighted by Crippen LogP contribution is 2.19. The van der Waals surface area contributed by atoms with E-state index < -0.39 is 66.8 Å². The number of aliphatic hydroxyl groups excluding tert-OH is 4. The summed E-state index contributed by atoms with van der Waals surface area (Å²) in [6.45, 7) is 8.34. The fraction of sp³-hybridized carbons (Fsp3) is 0.800. The molecule has 1 fully saturated rings. The Labute approximate surface area is 193 Å². The fourth-order valence-corrected chi connectivity index (χ4v) is 2.92. The second-order valence-electron chi connectivity index (χ2n) is 9.74. The molecule has 3 amide bonds. The Morgan fingerprint density at radius 3 is 2.06 bits per heavy atom. The third-order valence-electron chi connectivity index (χ3n) is 4.37. The van der Waals surface area contributed by atoms with Crippen molar-refractivity contribution >= 4 is 24.1 Å². The van der Waals surface area contributed by atoms with E-state index in [9.17, 15) is 34.8 Å². The normalized spacial score (nSPS) is 24.2. The van der Waals surface area contributed by atoms with Gasteiger partial charge in [-0.2, -0.15) is 0 Å². The number of ether oxygens (including phenoxy) is 2. The van der Waals surface area contributed by atoms with Crippen molar-refractivity contribution in [2.75, 3.05) is 26.7 Å². The molecule has 1 rings (SSSR count). The molecule has 1 aliphatic heterocycles. The van der Waals surface area contributed by atoms with Crippen molar-refractivity contribution in [3.63, 3.8) is 0 Å². The molecule has 0 saturated carbocycles. The molecule has 5 N–H and O–H groups in total. The number of alkyl carbamates (subject to hydrolysis) is 1. The van der Waals surface area contributed by atoms with Gasteiger partial charge in [-0.05, 0) is 41.5 Å². The zero-order chi connectivity index (χ0) is 25.7. The molecular formula is C20H36N4O9. The van der Waals surface area contributed by atoms with E-state index in [0.717, 1.165) is 9.80 Å². The van der Waals surface area contributed by atoms with Crippen LogP contribution in [0.5, 0.6) is 0 Å². The van der Waals surface area contributed by atoms with E-state index in [0.29, 0.717) is 0 Å². The maximum Gasteiger partial charge on any atom is 0.437 e. The van der Waals surface area contributed by atoms with Crippen LogP contribution in [0.4, 0.5) is 9.59 Å². The monoisotopic (exact) mass is 476 g/mol. The van der Waals surface area contributed by atoms with E-state index in [1.807, 2.05) is 0 Å². The summed E-state index contributed by atoms with van der Waals surface area (Å²) >= 11 is 0. The number of aliphatic imine (C=N–C) groups is 1. The molecule has 0 unspecified atom stereocenters. The lowest BCUT2D eigenvalue weighted by molar-refractivity contribution is -0.166. The number of hydrogen-bond donors (Lipinski definition) is 5. The highest BCUT2D eigenvalue weighted by atomic mass is 16.6. The van der Waals surface area contributed by atoms with E-state index in [1.54, 1.807) is 41.5 Å². The SMILES string of the molecule is CN(CC(=O)N1C[C@H](O)[C@@H](O)[C@H](O)[C@H]1CO)C(=NC(=O)OC(C)(C)C)NC(=O)OC(C)(C)C. The van der Waals surface area contributed by atoms with Crippen molar-refractivity contribution in [3.8, 4) is 0 Å². The van der Waals surface area contributed by atoms with Gasteiger partial charge in [0.2, 0.25) is 11.9 Å². The minimum absolute atomic E-state index is 0.339. The van der Waals surface area contributed by atoms with Gasteiger partial charge in [-0.3, -0.25) is 10.1 Å². The summed E-state index contributed by atoms with van der Waals surface area (Å²) in [5.74, 6) is -1.02. The molecule has 1 heterocycles. The minimum atomic E-state index is -1.57. The summed E-state index contributed by atoms with van der Waals surface area (Å²) < 4.78 is 10.3. The summed E-state index contributed by atoms with van der Waals surface area (Å²) in [6.07, 6.45) is -6.46. The maximum absolute atomic E-state index is 12.9. The van der Waals surface area contributed by atoms with Gasteiger partial charge in [-0.15, -0.1) is 4.99 Å². The number of guanidine groups is 1. The Kier molecular flexibility index (Phi) is 9.60. The van der Waals surface area contributed by atoms with Gasteiger partial charge in [0.15, 0.2) is 0 Å². The summed E-state index contributed by atoms with van der Waals surface area (Å²) in [5, 5.41) is 41.7. The van der Waals surface area contributed by atoms with Crippen molar-refractivity contribution < 1.29 is 44.3 Å². The second kappa shape index (κ2) is 11.1. The van der Waals surface area contributed by atoms with Gasteiger partial charge in [-0.1, -0.05) is 0 Å². The number of piperidine rings is 1. The van der Waals surface area contributed by atoms with Crippen molar-refractivity contribution in [1.29, 1.82) is 0 Å². The van der Waals surface area contributed by atoms with Gasteiger partial charge in [-0.25, -0.2) is 9.59 Å². The van der Waals surface area contributed by atoms with Crippen LogP contribution in [0.1, 0.15) is 41.5 Å². The number of likely N-dealkylation sites (tertiary alicyclic amines) is 1. The minimum Gasteiger partial charge on any atom is -0.444 e. The van der Waals surface area contributed by atoms with Crippen LogP contribution in [-0.4, -0.2) is 117 Å². The molecule has 13 heteroatoms. The second-order valence-corrected chi connectivity index (χ2v) is 9.74. The molecule has 1 aliphatic rings. The summed E-state index contributed by atoms with van der Waals surface area (Å²) in [5.41, 5.74) is -1.70. The lowest BCUT2D eigenvalue weighted by atomic mass is 9.94. The molecule has 1 saturated heterocycles. The number of nitrogens with one attached hydrogen (secondary N) is 1. The molecule has 0 bridgehead atoms. The van der Waals surface area contributed by atoms with Crippen molar-refractivity contribution in [2.45, 2.75) is 77.1 Å². The summed E-state index contributed by atoms with van der Waals surface area (Å²) in [7, 11) is 1.36. The maximum atomic E-state index is 12.9. The van der Waals surface area contributed by atoms with Gasteiger partial charge in [0.1, 0.15) is 29.5 Å². The van der Waals surface area contributed by atoms with Crippen LogP contribution in [0.3, 0.4) is 0 Å². The van der Waals surface area contributed by atoms with Crippen LogP contribution in [0.25, 0.3) is 0 Å². The Hall–Kier alpha value is -2.48. The first-order valence-corrected chi connectivity index (χ1v) is 10.4. The number of nitrogens with zero attached hydrogens (tertiary/aromatic N) is 3. The van der Waals surface area contributed by atoms with Gasteiger partial charge in [0, 0.05) is 13.6 Å². The third kappa shape index (κ3) is 9.12.